The summed E-state index contributed by atoms with van der Waals surface area (Å²) in [6.07, 6.45) is 1.05. The Kier molecular flexibility index (Phi) is 3.10. The summed E-state index contributed by atoms with van der Waals surface area (Å²) in [5.41, 5.74) is -0.303. The second-order valence-electron chi connectivity index (χ2n) is 3.79. The van der Waals surface area contributed by atoms with Gasteiger partial charge >= 0.3 is 5.97 Å². The number of carbonyl (C=O) groups is 1. The SMILES string of the molecule is C[C@H](c1ccccc1F)n1cnc(F)c1C(=O)O. The Hall–Kier alpha value is -2.24. The molecule has 0 spiro atoms. The molecule has 0 aliphatic heterocycles. The van der Waals surface area contributed by atoms with Gasteiger partial charge in [0.25, 0.3) is 0 Å². The smallest absolute Gasteiger partial charge is 0.357 e. The third-order valence-electron chi connectivity index (χ3n) is 2.72. The third-order valence-corrected chi connectivity index (χ3v) is 2.72. The van der Waals surface area contributed by atoms with Crippen LogP contribution in [-0.2, 0) is 0 Å². The largest absolute Gasteiger partial charge is 0.476 e. The van der Waals surface area contributed by atoms with E-state index in [9.17, 15) is 13.6 Å². The van der Waals surface area contributed by atoms with Crippen LogP contribution in [0.3, 0.4) is 0 Å². The van der Waals surface area contributed by atoms with Gasteiger partial charge in [-0.05, 0) is 13.0 Å². The highest BCUT2D eigenvalue weighted by molar-refractivity contribution is 5.85. The van der Waals surface area contributed by atoms with Gasteiger partial charge in [-0.2, -0.15) is 4.39 Å². The van der Waals surface area contributed by atoms with Gasteiger partial charge in [-0.25, -0.2) is 14.2 Å². The third kappa shape index (κ3) is 1.97. The van der Waals surface area contributed by atoms with Crippen LogP contribution in [-0.4, -0.2) is 20.6 Å². The van der Waals surface area contributed by atoms with Crippen LogP contribution in [0, 0.1) is 11.8 Å². The number of rotatable bonds is 3. The molecule has 0 radical (unpaired) electrons. The Labute approximate surface area is 102 Å². The van der Waals surface area contributed by atoms with Crippen LogP contribution in [0.2, 0.25) is 0 Å². The Balaban J connectivity index is 2.50. The maximum Gasteiger partial charge on any atom is 0.357 e. The minimum Gasteiger partial charge on any atom is -0.476 e. The highest BCUT2D eigenvalue weighted by atomic mass is 19.1. The molecule has 0 aliphatic rings. The van der Waals surface area contributed by atoms with Crippen LogP contribution in [0.5, 0.6) is 0 Å². The molecule has 0 amide bonds. The maximum absolute atomic E-state index is 13.6. The molecule has 1 N–H and O–H groups in total. The topological polar surface area (TPSA) is 55.1 Å². The van der Waals surface area contributed by atoms with Gasteiger partial charge in [-0.15, -0.1) is 0 Å². The zero-order chi connectivity index (χ0) is 13.3. The minimum atomic E-state index is -1.44. The Bertz CT molecular complexity index is 596. The summed E-state index contributed by atoms with van der Waals surface area (Å²) in [5, 5.41) is 8.91. The van der Waals surface area contributed by atoms with Crippen LogP contribution in [0.25, 0.3) is 0 Å². The summed E-state index contributed by atoms with van der Waals surface area (Å²) >= 11 is 0. The van der Waals surface area contributed by atoms with Crippen molar-refractivity contribution in [3.8, 4) is 0 Å². The zero-order valence-electron chi connectivity index (χ0n) is 9.47. The Morgan fingerprint density at radius 1 is 1.39 bits per heavy atom. The number of carboxylic acids is 1. The molecule has 18 heavy (non-hydrogen) atoms. The lowest BCUT2D eigenvalue weighted by molar-refractivity contribution is 0.0678. The van der Waals surface area contributed by atoms with Crippen LogP contribution in [0.1, 0.15) is 29.0 Å². The van der Waals surface area contributed by atoms with Gasteiger partial charge in [0, 0.05) is 5.56 Å². The Morgan fingerprint density at radius 2 is 2.06 bits per heavy atom. The molecule has 0 bridgehead atoms. The lowest BCUT2D eigenvalue weighted by atomic mass is 10.1. The van der Waals surface area contributed by atoms with E-state index in [1.165, 1.54) is 18.2 Å². The number of imidazole rings is 1. The van der Waals surface area contributed by atoms with E-state index in [0.717, 1.165) is 10.9 Å². The van der Waals surface area contributed by atoms with E-state index in [4.69, 9.17) is 5.11 Å². The second kappa shape index (κ2) is 4.56. The molecule has 0 saturated heterocycles. The molecule has 1 aromatic heterocycles. The predicted octanol–water partition coefficient (Wildman–Crippen LogP) is 2.47. The lowest BCUT2D eigenvalue weighted by Crippen LogP contribution is -2.15. The van der Waals surface area contributed by atoms with Gasteiger partial charge in [-0.3, -0.25) is 0 Å². The monoisotopic (exact) mass is 252 g/mol. The van der Waals surface area contributed by atoms with Crippen molar-refractivity contribution in [2.24, 2.45) is 0 Å². The van der Waals surface area contributed by atoms with Gasteiger partial charge in [0.1, 0.15) is 5.82 Å². The molecule has 94 valence electrons. The van der Waals surface area contributed by atoms with Crippen molar-refractivity contribution in [2.45, 2.75) is 13.0 Å². The quantitative estimate of drug-likeness (QED) is 0.912. The highest BCUT2D eigenvalue weighted by Gasteiger charge is 2.23. The first-order valence-electron chi connectivity index (χ1n) is 5.22. The lowest BCUT2D eigenvalue weighted by Gasteiger charge is -2.15. The number of nitrogens with zero attached hydrogens (tertiary/aromatic N) is 2. The molecular formula is C12H10F2N2O2. The summed E-state index contributed by atoms with van der Waals surface area (Å²) in [5.74, 6) is -2.99. The highest BCUT2D eigenvalue weighted by Crippen LogP contribution is 2.23. The number of carboxylic acid groups (broad SMARTS) is 1. The summed E-state index contributed by atoms with van der Waals surface area (Å²) < 4.78 is 27.9. The first-order chi connectivity index (χ1) is 8.52. The van der Waals surface area contributed by atoms with Gasteiger partial charge in [0.2, 0.25) is 5.95 Å². The van der Waals surface area contributed by atoms with Gasteiger partial charge < -0.3 is 9.67 Å². The molecule has 1 heterocycles. The summed E-state index contributed by atoms with van der Waals surface area (Å²) in [4.78, 5) is 14.2. The van der Waals surface area contributed by atoms with Crippen LogP contribution in [0.4, 0.5) is 8.78 Å². The summed E-state index contributed by atoms with van der Waals surface area (Å²) in [6.45, 7) is 1.58. The summed E-state index contributed by atoms with van der Waals surface area (Å²) in [7, 11) is 0. The minimum absolute atomic E-state index is 0.275. The van der Waals surface area contributed by atoms with Crippen molar-refractivity contribution in [2.75, 3.05) is 0 Å². The van der Waals surface area contributed by atoms with Crippen molar-refractivity contribution in [3.63, 3.8) is 0 Å². The van der Waals surface area contributed by atoms with Crippen molar-refractivity contribution < 1.29 is 18.7 Å². The molecule has 0 unspecified atom stereocenters. The molecule has 2 aromatic rings. The molecule has 4 nitrogen and oxygen atoms in total. The molecule has 0 fully saturated rings. The fraction of sp³-hybridized carbons (Fsp3) is 0.167. The number of benzene rings is 1. The molecule has 0 aliphatic carbocycles. The van der Waals surface area contributed by atoms with E-state index >= 15 is 0 Å². The van der Waals surface area contributed by atoms with Gasteiger partial charge in [0.15, 0.2) is 5.69 Å². The van der Waals surface area contributed by atoms with E-state index in [-0.39, 0.29) is 5.56 Å². The number of aromatic nitrogens is 2. The second-order valence-corrected chi connectivity index (χ2v) is 3.79. The van der Waals surface area contributed by atoms with Crippen LogP contribution >= 0.6 is 0 Å². The predicted molar refractivity (Wildman–Crippen MR) is 59.4 cm³/mol. The number of halogens is 2. The van der Waals surface area contributed by atoms with E-state index in [1.807, 2.05) is 0 Å². The molecule has 1 aromatic carbocycles. The number of hydrogen-bond donors (Lipinski definition) is 1. The van der Waals surface area contributed by atoms with Crippen molar-refractivity contribution in [1.29, 1.82) is 0 Å². The molecule has 2 rings (SSSR count). The fourth-order valence-electron chi connectivity index (χ4n) is 1.79. The van der Waals surface area contributed by atoms with E-state index in [0.29, 0.717) is 0 Å². The van der Waals surface area contributed by atoms with E-state index in [1.54, 1.807) is 13.0 Å². The fourth-order valence-corrected chi connectivity index (χ4v) is 1.79. The summed E-state index contributed by atoms with van der Waals surface area (Å²) in [6, 6.07) is 5.28. The molecule has 0 saturated carbocycles. The van der Waals surface area contributed by atoms with Crippen LogP contribution in [0.15, 0.2) is 30.6 Å². The average molecular weight is 252 g/mol. The van der Waals surface area contributed by atoms with Crippen LogP contribution < -0.4 is 0 Å². The first-order valence-corrected chi connectivity index (χ1v) is 5.22. The number of hydrogen-bond acceptors (Lipinski definition) is 2. The molecular weight excluding hydrogens is 242 g/mol. The molecule has 6 heteroatoms. The van der Waals surface area contributed by atoms with E-state index in [2.05, 4.69) is 4.98 Å². The van der Waals surface area contributed by atoms with Crippen molar-refractivity contribution >= 4 is 5.97 Å². The molecule has 1 atom stereocenters. The zero-order valence-corrected chi connectivity index (χ0v) is 9.47. The first kappa shape index (κ1) is 12.2. The van der Waals surface area contributed by atoms with Crippen molar-refractivity contribution in [3.05, 3.63) is 53.6 Å². The normalized spacial score (nSPS) is 12.4. The van der Waals surface area contributed by atoms with Gasteiger partial charge in [0.05, 0.1) is 12.4 Å². The van der Waals surface area contributed by atoms with E-state index < -0.39 is 29.5 Å². The van der Waals surface area contributed by atoms with Crippen molar-refractivity contribution in [1.82, 2.24) is 9.55 Å². The maximum atomic E-state index is 13.6. The Morgan fingerprint density at radius 3 is 2.67 bits per heavy atom. The standard InChI is InChI=1S/C12H10F2N2O2/c1-7(8-4-2-3-5-9(8)13)16-6-15-11(14)10(16)12(17)18/h2-7H,1H3,(H,17,18)/t7-/m1/s1. The van der Waals surface area contributed by atoms with Gasteiger partial charge in [-0.1, -0.05) is 18.2 Å². The number of aromatic carboxylic acids is 1. The average Bonchev–Trinajstić information content (AvgIpc) is 2.71.